The van der Waals surface area contributed by atoms with Crippen LogP contribution in [0.15, 0.2) is 60.7 Å². The summed E-state index contributed by atoms with van der Waals surface area (Å²) in [4.78, 5) is 67.3. The fourth-order valence-electron chi connectivity index (χ4n) is 8.94. The number of fused-ring (bicyclic) bond motifs is 1. The summed E-state index contributed by atoms with van der Waals surface area (Å²) < 4.78 is 6.35. The largest absolute Gasteiger partial charge is 0.489 e. The minimum atomic E-state index is -0.988. The minimum absolute atomic E-state index is 0.0818. The van der Waals surface area contributed by atoms with Gasteiger partial charge >= 0.3 is 0 Å². The molecule has 3 aliphatic heterocycles. The molecule has 1 aliphatic carbocycles. The number of nitriles is 1. The maximum Gasteiger partial charge on any atom is 0.264 e. The van der Waals surface area contributed by atoms with E-state index in [4.69, 9.17) is 16.3 Å². The molecular formula is C41H42ClN5O6. The zero-order valence-electron chi connectivity index (χ0n) is 30.2. The van der Waals surface area contributed by atoms with E-state index in [1.807, 2.05) is 30.3 Å². The third-order valence-corrected chi connectivity index (χ3v) is 11.8. The third-order valence-electron chi connectivity index (χ3n) is 11.5. The highest BCUT2D eigenvalue weighted by Crippen LogP contribution is 2.55. The molecule has 3 aromatic carbocycles. The van der Waals surface area contributed by atoms with Crippen molar-refractivity contribution in [1.29, 1.82) is 5.26 Å². The molecule has 0 bridgehead atoms. The first kappa shape index (κ1) is 36.2. The summed E-state index contributed by atoms with van der Waals surface area (Å²) in [5, 5.41) is 15.0. The Kier molecular flexibility index (Phi) is 9.31. The van der Waals surface area contributed by atoms with Crippen LogP contribution < -0.4 is 20.3 Å². The average molecular weight is 736 g/mol. The van der Waals surface area contributed by atoms with E-state index in [-0.39, 0.29) is 41.7 Å². The number of carbonyl (C=O) groups excluding carboxylic acids is 5. The van der Waals surface area contributed by atoms with E-state index in [1.54, 1.807) is 30.3 Å². The van der Waals surface area contributed by atoms with Crippen LogP contribution >= 0.6 is 11.6 Å². The molecule has 1 unspecified atom stereocenters. The lowest BCUT2D eigenvalue weighted by Crippen LogP contribution is -2.74. The van der Waals surface area contributed by atoms with Crippen molar-refractivity contribution in [2.24, 2.45) is 16.7 Å². The molecule has 11 nitrogen and oxygen atoms in total. The van der Waals surface area contributed by atoms with Gasteiger partial charge in [-0.2, -0.15) is 5.26 Å². The van der Waals surface area contributed by atoms with Gasteiger partial charge in [-0.3, -0.25) is 34.2 Å². The van der Waals surface area contributed by atoms with Crippen molar-refractivity contribution in [2.45, 2.75) is 78.0 Å². The maximum atomic E-state index is 13.5. The van der Waals surface area contributed by atoms with Gasteiger partial charge in [0.1, 0.15) is 24.0 Å². The van der Waals surface area contributed by atoms with E-state index in [2.05, 4.69) is 49.3 Å². The Morgan fingerprint density at radius 2 is 1.72 bits per heavy atom. The Bertz CT molecular complexity index is 2050. The topological polar surface area (TPSA) is 149 Å². The van der Waals surface area contributed by atoms with Crippen molar-refractivity contribution in [1.82, 2.24) is 15.5 Å². The van der Waals surface area contributed by atoms with Gasteiger partial charge in [-0.05, 0) is 73.6 Å². The molecule has 3 heterocycles. The van der Waals surface area contributed by atoms with Gasteiger partial charge in [-0.15, -0.1) is 0 Å². The van der Waals surface area contributed by atoms with Gasteiger partial charge in [0.05, 0.1) is 27.4 Å². The molecular weight excluding hydrogens is 694 g/mol. The number of imide groups is 2. The zero-order chi connectivity index (χ0) is 37.8. The predicted molar refractivity (Wildman–Crippen MR) is 198 cm³/mol. The fourth-order valence-corrected chi connectivity index (χ4v) is 9.15. The van der Waals surface area contributed by atoms with Crippen molar-refractivity contribution < 1.29 is 28.7 Å². The van der Waals surface area contributed by atoms with Crippen molar-refractivity contribution in [3.63, 3.8) is 0 Å². The molecule has 12 heteroatoms. The number of halogens is 1. The first-order valence-corrected chi connectivity index (χ1v) is 18.4. The molecule has 1 saturated carbocycles. The highest BCUT2D eigenvalue weighted by molar-refractivity contribution is 6.31. The quantitative estimate of drug-likeness (QED) is 0.253. The lowest BCUT2D eigenvalue weighted by Gasteiger charge is -2.63. The third kappa shape index (κ3) is 6.43. The number of nitrogens with one attached hydrogen (secondary N) is 2. The summed E-state index contributed by atoms with van der Waals surface area (Å²) in [6.07, 6.45) is 2.85. The molecule has 3 aromatic rings. The van der Waals surface area contributed by atoms with E-state index in [9.17, 15) is 29.2 Å². The van der Waals surface area contributed by atoms with Crippen molar-refractivity contribution in [3.8, 4) is 11.8 Å². The molecule has 2 saturated heterocycles. The second-order valence-electron chi connectivity index (χ2n) is 15.8. The number of hydrogen-bond donors (Lipinski definition) is 2. The summed E-state index contributed by atoms with van der Waals surface area (Å²) in [5.41, 5.74) is 2.74. The van der Waals surface area contributed by atoms with Gasteiger partial charge in [0, 0.05) is 48.0 Å². The van der Waals surface area contributed by atoms with E-state index in [0.717, 1.165) is 42.8 Å². The van der Waals surface area contributed by atoms with Gasteiger partial charge in [-0.25, -0.2) is 0 Å². The van der Waals surface area contributed by atoms with Crippen LogP contribution in [0, 0.1) is 28.1 Å². The van der Waals surface area contributed by atoms with Crippen molar-refractivity contribution in [3.05, 3.63) is 93.5 Å². The molecule has 53 heavy (non-hydrogen) atoms. The Morgan fingerprint density at radius 3 is 2.38 bits per heavy atom. The number of anilines is 1. The maximum absolute atomic E-state index is 13.5. The van der Waals surface area contributed by atoms with Crippen LogP contribution in [-0.2, 0) is 16.0 Å². The van der Waals surface area contributed by atoms with Crippen LogP contribution in [0.25, 0.3) is 0 Å². The van der Waals surface area contributed by atoms with Gasteiger partial charge in [0.2, 0.25) is 11.8 Å². The smallest absolute Gasteiger partial charge is 0.264 e. The van der Waals surface area contributed by atoms with Crippen LogP contribution in [0.4, 0.5) is 5.69 Å². The number of aryl methyl sites for hydroxylation is 1. The van der Waals surface area contributed by atoms with Crippen LogP contribution in [0.5, 0.6) is 5.75 Å². The summed E-state index contributed by atoms with van der Waals surface area (Å²) in [6.45, 7) is 9.83. The number of carbonyl (C=O) groups is 5. The van der Waals surface area contributed by atoms with Crippen molar-refractivity contribution in [2.75, 3.05) is 18.0 Å². The normalized spacial score (nSPS) is 23.1. The molecule has 1 atom stereocenters. The number of amides is 5. The number of nitrogens with zero attached hydrogens (tertiary/aromatic N) is 3. The van der Waals surface area contributed by atoms with Crippen LogP contribution in [-0.4, -0.2) is 65.7 Å². The van der Waals surface area contributed by atoms with Gasteiger partial charge in [0.25, 0.3) is 17.7 Å². The molecule has 3 fully saturated rings. The number of ether oxygens (including phenoxy) is 1. The molecule has 0 aromatic heterocycles. The van der Waals surface area contributed by atoms with Crippen LogP contribution in [0.3, 0.4) is 0 Å². The van der Waals surface area contributed by atoms with Gasteiger partial charge in [-0.1, -0.05) is 57.5 Å². The molecule has 4 aliphatic rings. The highest BCUT2D eigenvalue weighted by atomic mass is 35.5. The average Bonchev–Trinajstić information content (AvgIpc) is 3.36. The number of hydrogen-bond acceptors (Lipinski definition) is 8. The number of piperidine rings is 1. The zero-order valence-corrected chi connectivity index (χ0v) is 31.0. The Morgan fingerprint density at radius 1 is 1.00 bits per heavy atom. The van der Waals surface area contributed by atoms with E-state index in [1.165, 1.54) is 0 Å². The summed E-state index contributed by atoms with van der Waals surface area (Å²) in [7, 11) is 0. The van der Waals surface area contributed by atoms with Crippen LogP contribution in [0.2, 0.25) is 5.02 Å². The molecule has 0 radical (unpaired) electrons. The minimum Gasteiger partial charge on any atom is -0.489 e. The molecule has 7 rings (SSSR count). The number of benzene rings is 3. The summed E-state index contributed by atoms with van der Waals surface area (Å²) in [5.74, 6) is -1.11. The lowest BCUT2D eigenvalue weighted by molar-refractivity contribution is -0.164. The van der Waals surface area contributed by atoms with E-state index in [0.29, 0.717) is 44.6 Å². The summed E-state index contributed by atoms with van der Waals surface area (Å²) in [6, 6.07) is 19.0. The molecule has 274 valence electrons. The fraction of sp³-hybridized carbons (Fsp3) is 0.415. The van der Waals surface area contributed by atoms with Crippen molar-refractivity contribution >= 4 is 46.8 Å². The Balaban J connectivity index is 0.888. The van der Waals surface area contributed by atoms with Gasteiger partial charge < -0.3 is 15.0 Å². The highest BCUT2D eigenvalue weighted by Gasteiger charge is 2.64. The summed E-state index contributed by atoms with van der Waals surface area (Å²) >= 11 is 6.23. The second kappa shape index (κ2) is 13.6. The second-order valence-corrected chi connectivity index (χ2v) is 16.2. The monoisotopic (exact) mass is 735 g/mol. The SMILES string of the molecule is CC1(C)C(NC(=O)c2ccc(CCCC3CN(c4cccc5c4C(=O)N(C4CCC(=O)NC4=O)C5=O)C3)cc2)C(C)(C)C1Oc1ccc(C#N)c(Cl)c1. The van der Waals surface area contributed by atoms with Gasteiger partial charge in [0.15, 0.2) is 0 Å². The first-order valence-electron chi connectivity index (χ1n) is 18.1. The predicted octanol–water partition coefficient (Wildman–Crippen LogP) is 5.68. The Labute approximate surface area is 313 Å². The van der Waals surface area contributed by atoms with E-state index >= 15 is 0 Å². The first-order chi connectivity index (χ1) is 25.2. The molecule has 0 spiro atoms. The standard InChI is InChI=1S/C41H42ClN5O6/c1-40(2)38(41(3,4)39(40)53-27-16-15-26(20-43)29(42)19-27)45-34(49)25-13-11-23(12-14-25)7-5-8-24-21-46(22-24)30-10-6-9-28-33(30)37(52)47(36(28)51)31-17-18-32(48)44-35(31)50/h6,9-16,19,24,31,38-39H,5,7-8,17-18,21-22H2,1-4H3,(H,45,49)(H,44,48,50). The van der Waals surface area contributed by atoms with Crippen LogP contribution in [0.1, 0.15) is 95.6 Å². The lowest BCUT2D eigenvalue weighted by atomic mass is 9.49. The number of rotatable bonds is 10. The molecule has 5 amide bonds. The van der Waals surface area contributed by atoms with E-state index < -0.39 is 29.7 Å². The Hall–Kier alpha value is -5.21. The molecule has 2 N–H and O–H groups in total.